The molecule has 104 valence electrons. The molecule has 0 saturated carbocycles. The Morgan fingerprint density at radius 2 is 2.30 bits per heavy atom. The highest BCUT2D eigenvalue weighted by Gasteiger charge is 2.32. The topological polar surface area (TPSA) is 64.9 Å². The Morgan fingerprint density at radius 1 is 1.30 bits per heavy atom. The zero-order valence-corrected chi connectivity index (χ0v) is 11.2. The summed E-state index contributed by atoms with van der Waals surface area (Å²) in [5, 5.41) is 7.96. The molecule has 2 aliphatic heterocycles. The number of pyridine rings is 1. The van der Waals surface area contributed by atoms with E-state index in [0.717, 1.165) is 44.1 Å². The summed E-state index contributed by atoms with van der Waals surface area (Å²) in [7, 11) is 0. The summed E-state index contributed by atoms with van der Waals surface area (Å²) < 4.78 is 7.82. The normalized spacial score (nSPS) is 25.2. The maximum absolute atomic E-state index is 5.83. The molecule has 2 aliphatic rings. The van der Waals surface area contributed by atoms with E-state index < -0.39 is 0 Å². The third-order valence-electron chi connectivity index (χ3n) is 3.96. The molecule has 0 spiro atoms. The molecule has 20 heavy (non-hydrogen) atoms. The van der Waals surface area contributed by atoms with Crippen molar-refractivity contribution in [2.75, 3.05) is 18.5 Å². The van der Waals surface area contributed by atoms with E-state index >= 15 is 0 Å². The summed E-state index contributed by atoms with van der Waals surface area (Å²) in [4.78, 5) is 8.88. The molecular weight excluding hydrogens is 254 g/mol. The van der Waals surface area contributed by atoms with Gasteiger partial charge in [-0.2, -0.15) is 4.98 Å². The molecule has 6 nitrogen and oxygen atoms in total. The predicted octanol–water partition coefficient (Wildman–Crippen LogP) is 1.88. The molecule has 1 saturated heterocycles. The molecule has 4 rings (SSSR count). The van der Waals surface area contributed by atoms with Crippen molar-refractivity contribution in [3.8, 4) is 11.5 Å². The lowest BCUT2D eigenvalue weighted by Gasteiger charge is -2.28. The Labute approximate surface area is 117 Å². The fourth-order valence-electron chi connectivity index (χ4n) is 2.98. The summed E-state index contributed by atoms with van der Waals surface area (Å²) in [6, 6.07) is 6.07. The smallest absolute Gasteiger partial charge is 0.222 e. The number of aromatic nitrogens is 4. The van der Waals surface area contributed by atoms with E-state index in [2.05, 4.69) is 20.4 Å². The first-order chi connectivity index (χ1) is 9.92. The number of ether oxygens (including phenoxy) is 1. The van der Waals surface area contributed by atoms with Gasteiger partial charge >= 0.3 is 0 Å². The Kier molecular flexibility index (Phi) is 2.88. The summed E-state index contributed by atoms with van der Waals surface area (Å²) in [6.07, 6.45) is 5.33. The van der Waals surface area contributed by atoms with Gasteiger partial charge in [0, 0.05) is 19.3 Å². The van der Waals surface area contributed by atoms with Crippen LogP contribution in [0.3, 0.4) is 0 Å². The van der Waals surface area contributed by atoms with Gasteiger partial charge in [-0.15, -0.1) is 5.10 Å². The maximum Gasteiger partial charge on any atom is 0.222 e. The van der Waals surface area contributed by atoms with Gasteiger partial charge in [-0.05, 0) is 31.4 Å². The lowest BCUT2D eigenvalue weighted by atomic mass is 10.0. The van der Waals surface area contributed by atoms with Crippen molar-refractivity contribution in [3.05, 3.63) is 24.4 Å². The SMILES string of the molecule is c1ccc(-c2nc3n(n2)C(C2CCCO2)CCN3)nc1. The molecular formula is C14H17N5O. The van der Waals surface area contributed by atoms with Gasteiger partial charge in [0.2, 0.25) is 11.8 Å². The number of hydrogen-bond acceptors (Lipinski definition) is 5. The number of hydrogen-bond donors (Lipinski definition) is 1. The average molecular weight is 271 g/mol. The first kappa shape index (κ1) is 11.8. The molecule has 2 unspecified atom stereocenters. The zero-order valence-electron chi connectivity index (χ0n) is 11.2. The minimum Gasteiger partial charge on any atom is -0.376 e. The fraction of sp³-hybridized carbons (Fsp3) is 0.500. The second-order valence-corrected chi connectivity index (χ2v) is 5.25. The van der Waals surface area contributed by atoms with Gasteiger partial charge in [-0.25, -0.2) is 4.68 Å². The third-order valence-corrected chi connectivity index (χ3v) is 3.96. The number of fused-ring (bicyclic) bond motifs is 1. The standard InChI is InChI=1S/C14H17N5O/c1-2-7-15-10(4-1)13-17-14-16-8-6-11(19(14)18-13)12-5-3-9-20-12/h1-2,4,7,11-12H,3,5-6,8-9H2,(H,16,17,18). The average Bonchev–Trinajstić information content (AvgIpc) is 3.17. The van der Waals surface area contributed by atoms with E-state index in [1.165, 1.54) is 0 Å². The van der Waals surface area contributed by atoms with Crippen LogP contribution < -0.4 is 5.32 Å². The van der Waals surface area contributed by atoms with Crippen molar-refractivity contribution in [3.63, 3.8) is 0 Å². The van der Waals surface area contributed by atoms with E-state index in [9.17, 15) is 0 Å². The monoisotopic (exact) mass is 271 g/mol. The van der Waals surface area contributed by atoms with E-state index in [1.807, 2.05) is 22.9 Å². The van der Waals surface area contributed by atoms with Crippen LogP contribution >= 0.6 is 0 Å². The van der Waals surface area contributed by atoms with Crippen LogP contribution in [-0.2, 0) is 4.74 Å². The summed E-state index contributed by atoms with van der Waals surface area (Å²) in [5.41, 5.74) is 0.808. The largest absolute Gasteiger partial charge is 0.376 e. The van der Waals surface area contributed by atoms with Crippen molar-refractivity contribution in [1.82, 2.24) is 19.7 Å². The number of anilines is 1. The van der Waals surface area contributed by atoms with E-state index in [1.54, 1.807) is 6.20 Å². The number of nitrogens with zero attached hydrogens (tertiary/aromatic N) is 4. The van der Waals surface area contributed by atoms with Gasteiger partial charge < -0.3 is 10.1 Å². The molecule has 2 atom stereocenters. The summed E-state index contributed by atoms with van der Waals surface area (Å²) in [5.74, 6) is 1.51. The van der Waals surface area contributed by atoms with Crippen molar-refractivity contribution in [2.24, 2.45) is 0 Å². The van der Waals surface area contributed by atoms with Gasteiger partial charge in [0.1, 0.15) is 5.69 Å². The molecule has 6 heteroatoms. The predicted molar refractivity (Wildman–Crippen MR) is 74.4 cm³/mol. The van der Waals surface area contributed by atoms with Crippen molar-refractivity contribution >= 4 is 5.95 Å². The third kappa shape index (κ3) is 1.96. The lowest BCUT2D eigenvalue weighted by molar-refractivity contribution is 0.0591. The van der Waals surface area contributed by atoms with Crippen LogP contribution in [0, 0.1) is 0 Å². The molecule has 0 radical (unpaired) electrons. The maximum atomic E-state index is 5.83. The second kappa shape index (κ2) is 4.86. The van der Waals surface area contributed by atoms with E-state index in [0.29, 0.717) is 11.9 Å². The van der Waals surface area contributed by atoms with Gasteiger partial charge in [0.15, 0.2) is 0 Å². The molecule has 2 aromatic heterocycles. The summed E-state index contributed by atoms with van der Waals surface area (Å²) in [6.45, 7) is 1.79. The van der Waals surface area contributed by atoms with Gasteiger partial charge in [-0.3, -0.25) is 4.98 Å². The minimum absolute atomic E-state index is 0.272. The van der Waals surface area contributed by atoms with Crippen molar-refractivity contribution in [2.45, 2.75) is 31.4 Å². The van der Waals surface area contributed by atoms with Gasteiger partial charge in [0.25, 0.3) is 0 Å². The molecule has 0 aliphatic carbocycles. The summed E-state index contributed by atoms with van der Waals surface area (Å²) >= 11 is 0. The molecule has 1 fully saturated rings. The van der Waals surface area contributed by atoms with Crippen LogP contribution in [0.4, 0.5) is 5.95 Å². The van der Waals surface area contributed by atoms with Crippen LogP contribution in [0.25, 0.3) is 11.5 Å². The molecule has 0 bridgehead atoms. The van der Waals surface area contributed by atoms with E-state index in [-0.39, 0.29) is 6.10 Å². The van der Waals surface area contributed by atoms with Crippen LogP contribution in [-0.4, -0.2) is 39.0 Å². The van der Waals surface area contributed by atoms with Crippen LogP contribution in [0.2, 0.25) is 0 Å². The highest BCUT2D eigenvalue weighted by atomic mass is 16.5. The lowest BCUT2D eigenvalue weighted by Crippen LogP contribution is -2.32. The highest BCUT2D eigenvalue weighted by molar-refractivity contribution is 5.51. The molecule has 2 aromatic rings. The van der Waals surface area contributed by atoms with Crippen molar-refractivity contribution < 1.29 is 4.74 Å². The van der Waals surface area contributed by atoms with Crippen LogP contribution in [0.15, 0.2) is 24.4 Å². The fourth-order valence-corrected chi connectivity index (χ4v) is 2.98. The van der Waals surface area contributed by atoms with Gasteiger partial charge in [0.05, 0.1) is 12.1 Å². The molecule has 0 amide bonds. The Bertz CT molecular complexity index is 591. The van der Waals surface area contributed by atoms with Gasteiger partial charge in [-0.1, -0.05) is 6.07 Å². The number of nitrogens with one attached hydrogen (secondary N) is 1. The molecule has 1 N–H and O–H groups in total. The Morgan fingerprint density at radius 3 is 3.10 bits per heavy atom. The first-order valence-corrected chi connectivity index (χ1v) is 7.15. The Hall–Kier alpha value is -1.95. The minimum atomic E-state index is 0.272. The first-order valence-electron chi connectivity index (χ1n) is 7.15. The van der Waals surface area contributed by atoms with Crippen LogP contribution in [0.5, 0.6) is 0 Å². The van der Waals surface area contributed by atoms with E-state index in [4.69, 9.17) is 4.74 Å². The molecule has 4 heterocycles. The van der Waals surface area contributed by atoms with Crippen molar-refractivity contribution in [1.29, 1.82) is 0 Å². The number of rotatable bonds is 2. The zero-order chi connectivity index (χ0) is 13.4. The highest BCUT2D eigenvalue weighted by Crippen LogP contribution is 2.32. The Balaban J connectivity index is 1.70. The second-order valence-electron chi connectivity index (χ2n) is 5.25. The molecule has 0 aromatic carbocycles. The quantitative estimate of drug-likeness (QED) is 0.903. The van der Waals surface area contributed by atoms with Crippen LogP contribution in [0.1, 0.15) is 25.3 Å².